The number of nitrogens with zero attached hydrogens (tertiary/aromatic N) is 1. The summed E-state index contributed by atoms with van der Waals surface area (Å²) in [5.74, 6) is 0.175. The van der Waals surface area contributed by atoms with Crippen LogP contribution in [0.1, 0.15) is 12.5 Å². The van der Waals surface area contributed by atoms with Crippen LogP contribution in [0.3, 0.4) is 0 Å². The third-order valence-corrected chi connectivity index (χ3v) is 3.86. The first-order chi connectivity index (χ1) is 11.0. The van der Waals surface area contributed by atoms with E-state index in [0.717, 1.165) is 5.56 Å². The van der Waals surface area contributed by atoms with Gasteiger partial charge in [0, 0.05) is 5.02 Å². The third-order valence-electron chi connectivity index (χ3n) is 2.87. The molecular formula is C16H13Cl3N2O2. The zero-order chi connectivity index (χ0) is 16.8. The van der Waals surface area contributed by atoms with Crippen LogP contribution in [0.4, 0.5) is 0 Å². The maximum Gasteiger partial charge on any atom is 0.277 e. The Morgan fingerprint density at radius 3 is 2.43 bits per heavy atom. The van der Waals surface area contributed by atoms with E-state index < -0.39 is 0 Å². The van der Waals surface area contributed by atoms with Crippen molar-refractivity contribution in [2.75, 3.05) is 6.61 Å². The van der Waals surface area contributed by atoms with Crippen molar-refractivity contribution in [1.29, 1.82) is 0 Å². The molecule has 1 amide bonds. The second kappa shape index (κ2) is 8.20. The number of halogens is 3. The first kappa shape index (κ1) is 17.6. The number of nitrogens with one attached hydrogen (secondary N) is 1. The molecule has 4 nitrogen and oxygen atoms in total. The van der Waals surface area contributed by atoms with Gasteiger partial charge in [0.15, 0.2) is 6.61 Å². The number of benzene rings is 2. The first-order valence-corrected chi connectivity index (χ1v) is 7.76. The number of carbonyl (C=O) groups excluding carboxylic acids is 1. The maximum atomic E-state index is 11.7. The van der Waals surface area contributed by atoms with Crippen LogP contribution in [-0.2, 0) is 4.79 Å². The van der Waals surface area contributed by atoms with Crippen LogP contribution in [0.2, 0.25) is 15.1 Å². The van der Waals surface area contributed by atoms with Crippen molar-refractivity contribution in [1.82, 2.24) is 5.43 Å². The molecule has 0 spiro atoms. The number of rotatable bonds is 5. The fourth-order valence-corrected chi connectivity index (χ4v) is 2.07. The Kier molecular flexibility index (Phi) is 6.28. The lowest BCUT2D eigenvalue weighted by atomic mass is 10.1. The maximum absolute atomic E-state index is 11.7. The molecule has 120 valence electrons. The Balaban J connectivity index is 1.89. The molecule has 0 bridgehead atoms. The lowest BCUT2D eigenvalue weighted by molar-refractivity contribution is -0.123. The van der Waals surface area contributed by atoms with E-state index >= 15 is 0 Å². The molecule has 0 aliphatic heterocycles. The van der Waals surface area contributed by atoms with Gasteiger partial charge in [-0.1, -0.05) is 40.9 Å². The molecule has 2 aromatic carbocycles. The zero-order valence-electron chi connectivity index (χ0n) is 12.1. The van der Waals surface area contributed by atoms with Gasteiger partial charge in [-0.15, -0.1) is 0 Å². The van der Waals surface area contributed by atoms with Crippen LogP contribution >= 0.6 is 34.8 Å². The lowest BCUT2D eigenvalue weighted by Crippen LogP contribution is -2.25. The fraction of sp³-hybridized carbons (Fsp3) is 0.125. The van der Waals surface area contributed by atoms with E-state index in [1.165, 1.54) is 0 Å². The molecular weight excluding hydrogens is 359 g/mol. The number of amides is 1. The van der Waals surface area contributed by atoms with E-state index in [4.69, 9.17) is 39.5 Å². The molecule has 2 aromatic rings. The summed E-state index contributed by atoms with van der Waals surface area (Å²) in [5, 5.41) is 5.50. The monoisotopic (exact) mass is 370 g/mol. The average Bonchev–Trinajstić information content (AvgIpc) is 2.54. The summed E-state index contributed by atoms with van der Waals surface area (Å²) >= 11 is 17.6. The van der Waals surface area contributed by atoms with Crippen molar-refractivity contribution in [3.05, 3.63) is 63.1 Å². The van der Waals surface area contributed by atoms with E-state index in [2.05, 4.69) is 10.5 Å². The van der Waals surface area contributed by atoms with Crippen LogP contribution in [0.25, 0.3) is 0 Å². The van der Waals surface area contributed by atoms with Gasteiger partial charge >= 0.3 is 0 Å². The molecule has 0 heterocycles. The average molecular weight is 372 g/mol. The van der Waals surface area contributed by atoms with Gasteiger partial charge in [0.05, 0.1) is 15.8 Å². The minimum absolute atomic E-state index is 0.153. The number of hydrazone groups is 1. The highest BCUT2D eigenvalue weighted by Crippen LogP contribution is 2.22. The molecule has 1 N–H and O–H groups in total. The van der Waals surface area contributed by atoms with Crippen molar-refractivity contribution in [3.63, 3.8) is 0 Å². The Morgan fingerprint density at radius 2 is 1.78 bits per heavy atom. The Bertz CT molecular complexity index is 731. The van der Waals surface area contributed by atoms with Gasteiger partial charge in [-0.25, -0.2) is 5.43 Å². The third kappa shape index (κ3) is 5.43. The first-order valence-electron chi connectivity index (χ1n) is 6.62. The van der Waals surface area contributed by atoms with Crippen molar-refractivity contribution < 1.29 is 9.53 Å². The fourth-order valence-electron chi connectivity index (χ4n) is 1.64. The largest absolute Gasteiger partial charge is 0.484 e. The van der Waals surface area contributed by atoms with Crippen molar-refractivity contribution in [2.24, 2.45) is 5.10 Å². The second-order valence-electron chi connectivity index (χ2n) is 4.60. The smallest absolute Gasteiger partial charge is 0.277 e. The number of hydrogen-bond donors (Lipinski definition) is 1. The second-order valence-corrected chi connectivity index (χ2v) is 5.85. The van der Waals surface area contributed by atoms with Crippen LogP contribution in [0.15, 0.2) is 47.6 Å². The van der Waals surface area contributed by atoms with E-state index in [9.17, 15) is 4.79 Å². The summed E-state index contributed by atoms with van der Waals surface area (Å²) in [7, 11) is 0. The summed E-state index contributed by atoms with van der Waals surface area (Å²) in [6.45, 7) is 1.60. The highest BCUT2D eigenvalue weighted by molar-refractivity contribution is 6.42. The van der Waals surface area contributed by atoms with Gasteiger partial charge in [0.25, 0.3) is 5.91 Å². The number of hydrogen-bond acceptors (Lipinski definition) is 3. The van der Waals surface area contributed by atoms with Gasteiger partial charge < -0.3 is 4.74 Å². The van der Waals surface area contributed by atoms with Crippen LogP contribution < -0.4 is 10.2 Å². The van der Waals surface area contributed by atoms with Crippen LogP contribution in [-0.4, -0.2) is 18.2 Å². The Hall–Kier alpha value is -1.75. The minimum Gasteiger partial charge on any atom is -0.484 e. The Labute approximate surface area is 149 Å². The van der Waals surface area contributed by atoms with E-state index in [1.54, 1.807) is 49.4 Å². The molecule has 0 aromatic heterocycles. The van der Waals surface area contributed by atoms with Crippen LogP contribution in [0.5, 0.6) is 5.75 Å². The quantitative estimate of drug-likeness (QED) is 0.618. The molecule has 23 heavy (non-hydrogen) atoms. The minimum atomic E-state index is -0.376. The molecule has 2 rings (SSSR count). The SMILES string of the molecule is C/C(=N\NC(=O)COc1ccc(Cl)cc1)c1ccc(Cl)c(Cl)c1. The summed E-state index contributed by atoms with van der Waals surface area (Å²) in [4.78, 5) is 11.7. The molecule has 0 aliphatic rings. The summed E-state index contributed by atoms with van der Waals surface area (Å²) in [6, 6.07) is 11.8. The van der Waals surface area contributed by atoms with Crippen molar-refractivity contribution in [3.8, 4) is 5.75 Å². The normalized spacial score (nSPS) is 11.2. The molecule has 0 saturated carbocycles. The number of carbonyl (C=O) groups is 1. The Morgan fingerprint density at radius 1 is 1.09 bits per heavy atom. The van der Waals surface area contributed by atoms with Crippen molar-refractivity contribution in [2.45, 2.75) is 6.92 Å². The summed E-state index contributed by atoms with van der Waals surface area (Å²) in [5.41, 5.74) is 3.78. The van der Waals surface area contributed by atoms with Gasteiger partial charge in [-0.3, -0.25) is 4.79 Å². The highest BCUT2D eigenvalue weighted by Gasteiger charge is 2.05. The topological polar surface area (TPSA) is 50.7 Å². The molecule has 0 atom stereocenters. The van der Waals surface area contributed by atoms with Gasteiger partial charge in [0.2, 0.25) is 0 Å². The van der Waals surface area contributed by atoms with Gasteiger partial charge in [0.1, 0.15) is 5.75 Å². The van der Waals surface area contributed by atoms with E-state index in [0.29, 0.717) is 26.5 Å². The summed E-state index contributed by atoms with van der Waals surface area (Å²) < 4.78 is 5.32. The molecule has 0 aliphatic carbocycles. The van der Waals surface area contributed by atoms with E-state index in [-0.39, 0.29) is 12.5 Å². The standard InChI is InChI=1S/C16H13Cl3N2O2/c1-10(11-2-7-14(18)15(19)8-11)20-21-16(22)9-23-13-5-3-12(17)4-6-13/h2-8H,9H2,1H3,(H,21,22)/b20-10+. The van der Waals surface area contributed by atoms with E-state index in [1.807, 2.05) is 0 Å². The molecule has 0 fully saturated rings. The molecule has 0 radical (unpaired) electrons. The molecule has 7 heteroatoms. The number of ether oxygens (including phenoxy) is 1. The van der Waals surface area contributed by atoms with Gasteiger partial charge in [-0.2, -0.15) is 5.10 Å². The zero-order valence-corrected chi connectivity index (χ0v) is 14.4. The molecule has 0 saturated heterocycles. The van der Waals surface area contributed by atoms with Gasteiger partial charge in [-0.05, 0) is 48.9 Å². The molecule has 0 unspecified atom stereocenters. The highest BCUT2D eigenvalue weighted by atomic mass is 35.5. The van der Waals surface area contributed by atoms with Crippen molar-refractivity contribution >= 4 is 46.4 Å². The predicted octanol–water partition coefficient (Wildman–Crippen LogP) is 4.57. The predicted molar refractivity (Wildman–Crippen MR) is 93.8 cm³/mol. The van der Waals surface area contributed by atoms with Crippen LogP contribution in [0, 0.1) is 0 Å². The lowest BCUT2D eigenvalue weighted by Gasteiger charge is -2.06. The summed E-state index contributed by atoms with van der Waals surface area (Å²) in [6.07, 6.45) is 0.